The minimum atomic E-state index is 0.0792. The maximum atomic E-state index is 12.6. The number of rotatable bonds is 7. The smallest absolute Gasteiger partial charge is 0.254 e. The first kappa shape index (κ1) is 15.6. The predicted octanol–water partition coefficient (Wildman–Crippen LogP) is 2.78. The highest BCUT2D eigenvalue weighted by Gasteiger charge is 2.17. The van der Waals surface area contributed by atoms with Gasteiger partial charge in [-0.2, -0.15) is 0 Å². The van der Waals surface area contributed by atoms with Gasteiger partial charge in [-0.05, 0) is 24.5 Å². The Kier molecular flexibility index (Phi) is 6.50. The summed E-state index contributed by atoms with van der Waals surface area (Å²) >= 11 is 4.94. The van der Waals surface area contributed by atoms with Crippen molar-refractivity contribution in [3.05, 3.63) is 35.4 Å². The molecule has 0 saturated carbocycles. The predicted molar refractivity (Wildman–Crippen MR) is 83.4 cm³/mol. The Bertz CT molecular complexity index is 440. The molecule has 0 radical (unpaired) electrons. The number of amides is 1. The van der Waals surface area contributed by atoms with Gasteiger partial charge in [0.1, 0.15) is 0 Å². The van der Waals surface area contributed by atoms with Crippen LogP contribution in [0.4, 0.5) is 0 Å². The van der Waals surface area contributed by atoms with Crippen LogP contribution in [-0.2, 0) is 6.42 Å². The van der Waals surface area contributed by atoms with Crippen LogP contribution in [0.5, 0.6) is 0 Å². The summed E-state index contributed by atoms with van der Waals surface area (Å²) in [5, 5.41) is 0. The van der Waals surface area contributed by atoms with E-state index in [1.54, 1.807) is 0 Å². The molecule has 1 amide bonds. The van der Waals surface area contributed by atoms with Gasteiger partial charge in [0, 0.05) is 25.1 Å². The molecule has 1 aromatic rings. The third-order valence-corrected chi connectivity index (χ3v) is 3.03. The Balaban J connectivity index is 2.99. The van der Waals surface area contributed by atoms with Crippen molar-refractivity contribution in [2.75, 3.05) is 13.1 Å². The van der Waals surface area contributed by atoms with E-state index < -0.39 is 0 Å². The van der Waals surface area contributed by atoms with Crippen LogP contribution in [0.25, 0.3) is 0 Å². The summed E-state index contributed by atoms with van der Waals surface area (Å²) in [5.74, 6) is 0.0792. The van der Waals surface area contributed by atoms with Crippen LogP contribution in [0.3, 0.4) is 0 Å². The number of thiocarbonyl (C=S) groups is 1. The first-order valence-electron chi connectivity index (χ1n) is 6.75. The zero-order chi connectivity index (χ0) is 14.3. The molecule has 104 valence electrons. The van der Waals surface area contributed by atoms with Crippen molar-refractivity contribution >= 4 is 23.1 Å². The number of nitrogens with zero attached hydrogens (tertiary/aromatic N) is 1. The van der Waals surface area contributed by atoms with Crippen molar-refractivity contribution in [1.82, 2.24) is 4.90 Å². The van der Waals surface area contributed by atoms with E-state index in [4.69, 9.17) is 18.0 Å². The summed E-state index contributed by atoms with van der Waals surface area (Å²) in [6.07, 6.45) is 2.40. The Morgan fingerprint density at radius 1 is 1.21 bits per heavy atom. The van der Waals surface area contributed by atoms with Gasteiger partial charge in [0.25, 0.3) is 5.91 Å². The fourth-order valence-electron chi connectivity index (χ4n) is 2.10. The van der Waals surface area contributed by atoms with E-state index in [1.165, 1.54) is 0 Å². The fraction of sp³-hybridized carbons (Fsp3) is 0.467. The summed E-state index contributed by atoms with van der Waals surface area (Å²) < 4.78 is 0. The summed E-state index contributed by atoms with van der Waals surface area (Å²) in [4.78, 5) is 14.9. The Morgan fingerprint density at radius 2 is 1.79 bits per heavy atom. The van der Waals surface area contributed by atoms with Crippen molar-refractivity contribution in [3.63, 3.8) is 0 Å². The van der Waals surface area contributed by atoms with Crippen molar-refractivity contribution in [1.29, 1.82) is 0 Å². The molecule has 0 unspecified atom stereocenters. The molecule has 0 aromatic heterocycles. The van der Waals surface area contributed by atoms with Gasteiger partial charge in [-0.25, -0.2) is 0 Å². The first-order valence-corrected chi connectivity index (χ1v) is 7.16. The summed E-state index contributed by atoms with van der Waals surface area (Å²) in [5.41, 5.74) is 7.23. The van der Waals surface area contributed by atoms with Gasteiger partial charge in [-0.15, -0.1) is 0 Å². The molecule has 2 N–H and O–H groups in total. The average molecular weight is 278 g/mol. The molecule has 1 rings (SSSR count). The second kappa shape index (κ2) is 7.89. The topological polar surface area (TPSA) is 46.3 Å². The van der Waals surface area contributed by atoms with E-state index in [9.17, 15) is 4.79 Å². The highest BCUT2D eigenvalue weighted by Crippen LogP contribution is 2.13. The standard InChI is InChI=1S/C15H22N2OS/c1-3-9-17(10-4-2)15(18)13-8-6-5-7-12(13)11-14(16)19/h5-8H,3-4,9-11H2,1-2H3,(H2,16,19). The first-order chi connectivity index (χ1) is 9.10. The SMILES string of the molecule is CCCN(CCC)C(=O)c1ccccc1CC(N)=S. The van der Waals surface area contributed by atoms with Gasteiger partial charge in [-0.1, -0.05) is 44.3 Å². The van der Waals surface area contributed by atoms with Crippen molar-refractivity contribution in [3.8, 4) is 0 Å². The fourth-order valence-corrected chi connectivity index (χ4v) is 2.25. The van der Waals surface area contributed by atoms with Crippen LogP contribution in [0.1, 0.15) is 42.6 Å². The second-order valence-corrected chi connectivity index (χ2v) is 5.12. The molecule has 4 heteroatoms. The highest BCUT2D eigenvalue weighted by atomic mass is 32.1. The minimum Gasteiger partial charge on any atom is -0.393 e. The second-order valence-electron chi connectivity index (χ2n) is 4.59. The Morgan fingerprint density at radius 3 is 2.32 bits per heavy atom. The Labute approximate surface area is 120 Å². The van der Waals surface area contributed by atoms with Crippen LogP contribution in [0, 0.1) is 0 Å². The molecular weight excluding hydrogens is 256 g/mol. The maximum Gasteiger partial charge on any atom is 0.254 e. The van der Waals surface area contributed by atoms with Crippen LogP contribution in [0.2, 0.25) is 0 Å². The molecule has 0 saturated heterocycles. The van der Waals surface area contributed by atoms with E-state index in [2.05, 4.69) is 13.8 Å². The monoisotopic (exact) mass is 278 g/mol. The summed E-state index contributed by atoms with van der Waals surface area (Å²) in [7, 11) is 0. The highest BCUT2D eigenvalue weighted by molar-refractivity contribution is 7.80. The largest absolute Gasteiger partial charge is 0.393 e. The van der Waals surface area contributed by atoms with Crippen molar-refractivity contribution in [2.45, 2.75) is 33.1 Å². The molecular formula is C15H22N2OS. The van der Waals surface area contributed by atoms with Gasteiger partial charge >= 0.3 is 0 Å². The minimum absolute atomic E-state index is 0.0792. The zero-order valence-corrected chi connectivity index (χ0v) is 12.5. The van der Waals surface area contributed by atoms with Gasteiger partial charge in [-0.3, -0.25) is 4.79 Å². The van der Waals surface area contributed by atoms with E-state index in [1.807, 2.05) is 29.2 Å². The molecule has 0 aliphatic rings. The lowest BCUT2D eigenvalue weighted by molar-refractivity contribution is 0.0754. The lowest BCUT2D eigenvalue weighted by Crippen LogP contribution is -2.33. The van der Waals surface area contributed by atoms with E-state index in [0.717, 1.165) is 37.1 Å². The van der Waals surface area contributed by atoms with Gasteiger partial charge < -0.3 is 10.6 Å². The molecule has 0 fully saturated rings. The number of carbonyl (C=O) groups is 1. The number of nitrogens with two attached hydrogens (primary N) is 1. The van der Waals surface area contributed by atoms with Gasteiger partial charge in [0.2, 0.25) is 0 Å². The van der Waals surface area contributed by atoms with Gasteiger partial charge in [0.05, 0.1) is 4.99 Å². The molecule has 0 bridgehead atoms. The third-order valence-electron chi connectivity index (χ3n) is 2.89. The maximum absolute atomic E-state index is 12.6. The van der Waals surface area contributed by atoms with E-state index in [-0.39, 0.29) is 5.91 Å². The van der Waals surface area contributed by atoms with Gasteiger partial charge in [0.15, 0.2) is 0 Å². The average Bonchev–Trinajstić information content (AvgIpc) is 2.38. The molecule has 3 nitrogen and oxygen atoms in total. The molecule has 0 heterocycles. The van der Waals surface area contributed by atoms with Crippen LogP contribution in [0.15, 0.2) is 24.3 Å². The molecule has 0 atom stereocenters. The molecule has 1 aromatic carbocycles. The molecule has 0 aliphatic carbocycles. The normalized spacial score (nSPS) is 10.2. The van der Waals surface area contributed by atoms with Crippen LogP contribution in [-0.4, -0.2) is 28.9 Å². The van der Waals surface area contributed by atoms with E-state index >= 15 is 0 Å². The summed E-state index contributed by atoms with van der Waals surface area (Å²) in [6.45, 7) is 5.73. The van der Waals surface area contributed by atoms with Crippen molar-refractivity contribution in [2.24, 2.45) is 5.73 Å². The number of hydrogen-bond acceptors (Lipinski definition) is 2. The summed E-state index contributed by atoms with van der Waals surface area (Å²) in [6, 6.07) is 7.57. The van der Waals surface area contributed by atoms with E-state index in [0.29, 0.717) is 11.4 Å². The number of carbonyl (C=O) groups excluding carboxylic acids is 1. The number of benzene rings is 1. The van der Waals surface area contributed by atoms with Crippen LogP contribution < -0.4 is 5.73 Å². The van der Waals surface area contributed by atoms with Crippen LogP contribution >= 0.6 is 12.2 Å². The molecule has 0 spiro atoms. The Hall–Kier alpha value is -1.42. The third kappa shape index (κ3) is 4.63. The molecule has 19 heavy (non-hydrogen) atoms. The van der Waals surface area contributed by atoms with Crippen molar-refractivity contribution < 1.29 is 4.79 Å². The zero-order valence-electron chi connectivity index (χ0n) is 11.7. The number of hydrogen-bond donors (Lipinski definition) is 1. The lowest BCUT2D eigenvalue weighted by atomic mass is 10.0. The molecule has 0 aliphatic heterocycles. The lowest BCUT2D eigenvalue weighted by Gasteiger charge is -2.22. The quantitative estimate of drug-likeness (QED) is 0.780.